The molecule has 2 aromatic rings. The molecule has 3 rings (SSSR count). The highest BCUT2D eigenvalue weighted by Crippen LogP contribution is 2.29. The molecule has 0 radical (unpaired) electrons. The molecule has 0 atom stereocenters. The van der Waals surface area contributed by atoms with E-state index in [-0.39, 0.29) is 23.9 Å². The summed E-state index contributed by atoms with van der Waals surface area (Å²) in [6.45, 7) is 5.42. The average molecular weight is 391 g/mol. The minimum Gasteiger partial charge on any atom is -0.395 e. The SMILES string of the molecule is CCN(CCO)c1ccc(N=C2C(C(=O)NC)=CC(=O)c3ccccc32)c(C)c1. The van der Waals surface area contributed by atoms with Crippen LogP contribution in [0.15, 0.2) is 59.1 Å². The highest BCUT2D eigenvalue weighted by atomic mass is 16.3. The van der Waals surface area contributed by atoms with Crippen LogP contribution in [0.5, 0.6) is 0 Å². The maximum Gasteiger partial charge on any atom is 0.253 e. The Morgan fingerprint density at radius 2 is 1.90 bits per heavy atom. The summed E-state index contributed by atoms with van der Waals surface area (Å²) in [5, 5.41) is 11.8. The summed E-state index contributed by atoms with van der Waals surface area (Å²) < 4.78 is 0. The van der Waals surface area contributed by atoms with Crippen LogP contribution >= 0.6 is 0 Å². The molecule has 0 fully saturated rings. The maximum absolute atomic E-state index is 12.5. The molecular weight excluding hydrogens is 366 g/mol. The van der Waals surface area contributed by atoms with E-state index < -0.39 is 0 Å². The fourth-order valence-corrected chi connectivity index (χ4v) is 3.43. The molecule has 1 amide bonds. The van der Waals surface area contributed by atoms with Gasteiger partial charge in [-0.3, -0.25) is 9.59 Å². The number of amides is 1. The molecule has 150 valence electrons. The molecule has 6 heteroatoms. The summed E-state index contributed by atoms with van der Waals surface area (Å²) in [5.74, 6) is -0.547. The van der Waals surface area contributed by atoms with Gasteiger partial charge in [0, 0.05) is 43.0 Å². The Morgan fingerprint density at radius 3 is 2.52 bits per heavy atom. The number of aliphatic hydroxyl groups excluding tert-OH is 1. The number of rotatable bonds is 6. The lowest BCUT2D eigenvalue weighted by Crippen LogP contribution is -2.29. The van der Waals surface area contributed by atoms with Crippen molar-refractivity contribution in [3.05, 3.63) is 70.8 Å². The Labute approximate surface area is 170 Å². The second-order valence-corrected chi connectivity index (χ2v) is 6.78. The number of hydrogen-bond acceptors (Lipinski definition) is 5. The van der Waals surface area contributed by atoms with Gasteiger partial charge in [-0.25, -0.2) is 4.99 Å². The number of ketones is 1. The first-order valence-corrected chi connectivity index (χ1v) is 9.63. The third-order valence-electron chi connectivity index (χ3n) is 4.98. The van der Waals surface area contributed by atoms with Crippen molar-refractivity contribution in [2.45, 2.75) is 13.8 Å². The van der Waals surface area contributed by atoms with Gasteiger partial charge >= 0.3 is 0 Å². The summed E-state index contributed by atoms with van der Waals surface area (Å²) in [6.07, 6.45) is 1.35. The largest absolute Gasteiger partial charge is 0.395 e. The Kier molecular flexibility index (Phi) is 6.24. The second-order valence-electron chi connectivity index (χ2n) is 6.78. The molecule has 1 aliphatic carbocycles. The summed E-state index contributed by atoms with van der Waals surface area (Å²) in [5.41, 5.74) is 4.60. The standard InChI is InChI=1S/C23H25N3O3/c1-4-26(11-12-27)16-9-10-20(15(2)13-16)25-22-18-8-6-5-7-17(18)21(28)14-19(22)23(29)24-3/h5-10,13-14,27H,4,11-12H2,1-3H3,(H,24,29). The lowest BCUT2D eigenvalue weighted by atomic mass is 9.88. The smallest absolute Gasteiger partial charge is 0.253 e. The molecule has 0 aliphatic heterocycles. The number of carbonyl (C=O) groups is 2. The molecule has 0 saturated carbocycles. The molecule has 0 bridgehead atoms. The van der Waals surface area contributed by atoms with Gasteiger partial charge < -0.3 is 15.3 Å². The molecular formula is C23H25N3O3. The Hall–Kier alpha value is -3.25. The molecule has 6 nitrogen and oxygen atoms in total. The van der Waals surface area contributed by atoms with Crippen molar-refractivity contribution in [2.75, 3.05) is 31.6 Å². The zero-order chi connectivity index (χ0) is 21.0. The van der Waals surface area contributed by atoms with Crippen molar-refractivity contribution in [1.29, 1.82) is 0 Å². The minimum absolute atomic E-state index is 0.0854. The number of aliphatic hydroxyl groups is 1. The van der Waals surface area contributed by atoms with Crippen molar-refractivity contribution in [3.8, 4) is 0 Å². The summed E-state index contributed by atoms with van der Waals surface area (Å²) >= 11 is 0. The predicted molar refractivity (Wildman–Crippen MR) is 115 cm³/mol. The lowest BCUT2D eigenvalue weighted by molar-refractivity contribution is -0.116. The van der Waals surface area contributed by atoms with E-state index in [0.29, 0.717) is 23.4 Å². The van der Waals surface area contributed by atoms with E-state index in [4.69, 9.17) is 4.99 Å². The number of fused-ring (bicyclic) bond motifs is 1. The Bertz CT molecular complexity index is 1010. The first kappa shape index (κ1) is 20.5. The van der Waals surface area contributed by atoms with Crippen LogP contribution < -0.4 is 10.2 Å². The van der Waals surface area contributed by atoms with Crippen molar-refractivity contribution in [2.24, 2.45) is 4.99 Å². The van der Waals surface area contributed by atoms with Crippen LogP contribution in [0.3, 0.4) is 0 Å². The van der Waals surface area contributed by atoms with E-state index in [9.17, 15) is 14.7 Å². The van der Waals surface area contributed by atoms with Crippen molar-refractivity contribution < 1.29 is 14.7 Å². The molecule has 0 saturated heterocycles. The van der Waals surface area contributed by atoms with Gasteiger partial charge in [0.1, 0.15) is 0 Å². The molecule has 29 heavy (non-hydrogen) atoms. The molecule has 2 aromatic carbocycles. The number of carbonyl (C=O) groups excluding carboxylic acids is 2. The van der Waals surface area contributed by atoms with Gasteiger partial charge in [0.05, 0.1) is 23.6 Å². The van der Waals surface area contributed by atoms with Gasteiger partial charge in [0.2, 0.25) is 0 Å². The van der Waals surface area contributed by atoms with Gasteiger partial charge in [0.15, 0.2) is 5.78 Å². The second kappa shape index (κ2) is 8.84. The average Bonchev–Trinajstić information content (AvgIpc) is 2.74. The summed E-state index contributed by atoms with van der Waals surface area (Å²) in [6, 6.07) is 13.1. The van der Waals surface area contributed by atoms with Crippen LogP contribution in [-0.2, 0) is 4.79 Å². The molecule has 2 N–H and O–H groups in total. The number of benzene rings is 2. The number of likely N-dealkylation sites (N-methyl/N-ethyl adjacent to an activating group) is 2. The van der Waals surface area contributed by atoms with E-state index in [1.54, 1.807) is 12.1 Å². The topological polar surface area (TPSA) is 82.0 Å². The molecule has 0 unspecified atom stereocenters. The van der Waals surface area contributed by atoms with Crippen LogP contribution in [0.2, 0.25) is 0 Å². The van der Waals surface area contributed by atoms with Gasteiger partial charge in [-0.1, -0.05) is 24.3 Å². The Balaban J connectivity index is 2.10. The van der Waals surface area contributed by atoms with Crippen LogP contribution in [-0.4, -0.2) is 49.3 Å². The lowest BCUT2D eigenvalue weighted by Gasteiger charge is -2.23. The summed E-state index contributed by atoms with van der Waals surface area (Å²) in [7, 11) is 1.53. The summed E-state index contributed by atoms with van der Waals surface area (Å²) in [4.78, 5) is 31.7. The number of aryl methyl sites for hydroxylation is 1. The quantitative estimate of drug-likeness (QED) is 0.793. The number of anilines is 1. The van der Waals surface area contributed by atoms with E-state index in [0.717, 1.165) is 23.5 Å². The van der Waals surface area contributed by atoms with Crippen LogP contribution in [0.1, 0.15) is 28.4 Å². The monoisotopic (exact) mass is 391 g/mol. The third kappa shape index (κ3) is 4.12. The van der Waals surface area contributed by atoms with Crippen molar-refractivity contribution >= 4 is 28.8 Å². The van der Waals surface area contributed by atoms with Crippen LogP contribution in [0.25, 0.3) is 0 Å². The maximum atomic E-state index is 12.5. The van der Waals surface area contributed by atoms with Crippen molar-refractivity contribution in [1.82, 2.24) is 5.32 Å². The molecule has 0 heterocycles. The molecule has 0 aromatic heterocycles. The van der Waals surface area contributed by atoms with E-state index in [1.807, 2.05) is 44.2 Å². The first-order chi connectivity index (χ1) is 14.0. The molecule has 0 spiro atoms. The highest BCUT2D eigenvalue weighted by molar-refractivity contribution is 6.36. The van der Waals surface area contributed by atoms with Crippen LogP contribution in [0.4, 0.5) is 11.4 Å². The number of allylic oxidation sites excluding steroid dienone is 1. The van der Waals surface area contributed by atoms with Gasteiger partial charge in [-0.05, 0) is 37.6 Å². The van der Waals surface area contributed by atoms with Gasteiger partial charge in [-0.2, -0.15) is 0 Å². The van der Waals surface area contributed by atoms with Crippen molar-refractivity contribution in [3.63, 3.8) is 0 Å². The first-order valence-electron chi connectivity index (χ1n) is 9.63. The highest BCUT2D eigenvalue weighted by Gasteiger charge is 2.27. The van der Waals surface area contributed by atoms with E-state index >= 15 is 0 Å². The number of hydrogen-bond donors (Lipinski definition) is 2. The normalized spacial score (nSPS) is 14.4. The van der Waals surface area contributed by atoms with Crippen LogP contribution in [0, 0.1) is 6.92 Å². The number of aliphatic imine (C=N–C) groups is 1. The predicted octanol–water partition coefficient (Wildman–Crippen LogP) is 2.80. The third-order valence-corrected chi connectivity index (χ3v) is 4.98. The molecule has 1 aliphatic rings. The van der Waals surface area contributed by atoms with Gasteiger partial charge in [-0.15, -0.1) is 0 Å². The fraction of sp³-hybridized carbons (Fsp3) is 0.261. The zero-order valence-electron chi connectivity index (χ0n) is 16.9. The number of nitrogens with zero attached hydrogens (tertiary/aromatic N) is 2. The van der Waals surface area contributed by atoms with E-state index in [2.05, 4.69) is 10.2 Å². The van der Waals surface area contributed by atoms with E-state index in [1.165, 1.54) is 13.1 Å². The zero-order valence-corrected chi connectivity index (χ0v) is 16.9. The van der Waals surface area contributed by atoms with Gasteiger partial charge in [0.25, 0.3) is 5.91 Å². The minimum atomic E-state index is -0.346. The fourth-order valence-electron chi connectivity index (χ4n) is 3.43. The Morgan fingerprint density at radius 1 is 1.17 bits per heavy atom. The number of nitrogens with one attached hydrogen (secondary N) is 1.